The average molecular weight is 264 g/mol. The number of hydrogen-bond donors (Lipinski definition) is 1. The highest BCUT2D eigenvalue weighted by Gasteiger charge is 2.23. The number of ether oxygens (including phenoxy) is 1. The molecule has 5 nitrogen and oxygen atoms in total. The molecule has 0 bridgehead atoms. The number of anilines is 2. The third-order valence-electron chi connectivity index (χ3n) is 3.18. The van der Waals surface area contributed by atoms with Crippen LogP contribution in [0.25, 0.3) is 0 Å². The van der Waals surface area contributed by atoms with Crippen molar-refractivity contribution in [3.8, 4) is 0 Å². The van der Waals surface area contributed by atoms with Crippen LogP contribution in [0.1, 0.15) is 33.5 Å². The molecule has 1 aliphatic rings. The van der Waals surface area contributed by atoms with Gasteiger partial charge in [0.15, 0.2) is 0 Å². The van der Waals surface area contributed by atoms with E-state index in [4.69, 9.17) is 4.74 Å². The van der Waals surface area contributed by atoms with Gasteiger partial charge in [0.1, 0.15) is 17.5 Å². The van der Waals surface area contributed by atoms with Crippen LogP contribution in [-0.4, -0.2) is 41.8 Å². The third-order valence-corrected chi connectivity index (χ3v) is 3.18. The van der Waals surface area contributed by atoms with Crippen molar-refractivity contribution in [1.82, 2.24) is 9.97 Å². The summed E-state index contributed by atoms with van der Waals surface area (Å²) in [5.41, 5.74) is 0. The summed E-state index contributed by atoms with van der Waals surface area (Å²) in [4.78, 5) is 11.4. The van der Waals surface area contributed by atoms with Crippen LogP contribution in [-0.2, 0) is 11.2 Å². The molecule has 1 saturated heterocycles. The Bertz CT molecular complexity index is 414. The predicted molar refractivity (Wildman–Crippen MR) is 77.8 cm³/mol. The zero-order valence-electron chi connectivity index (χ0n) is 12.3. The van der Waals surface area contributed by atoms with E-state index in [1.807, 2.05) is 6.07 Å². The lowest BCUT2D eigenvalue weighted by molar-refractivity contribution is -0.00547. The van der Waals surface area contributed by atoms with E-state index in [1.54, 1.807) is 0 Å². The number of hydrogen-bond acceptors (Lipinski definition) is 5. The van der Waals surface area contributed by atoms with Gasteiger partial charge in [-0.15, -0.1) is 0 Å². The van der Waals surface area contributed by atoms with Gasteiger partial charge in [-0.05, 0) is 20.8 Å². The highest BCUT2D eigenvalue weighted by Crippen LogP contribution is 2.21. The first-order chi connectivity index (χ1) is 9.12. The Hall–Kier alpha value is -1.36. The van der Waals surface area contributed by atoms with E-state index < -0.39 is 0 Å². The Morgan fingerprint density at radius 2 is 1.95 bits per heavy atom. The van der Waals surface area contributed by atoms with Gasteiger partial charge in [0.05, 0.1) is 12.2 Å². The van der Waals surface area contributed by atoms with Crippen molar-refractivity contribution in [1.29, 1.82) is 0 Å². The molecule has 1 N–H and O–H groups in total. The monoisotopic (exact) mass is 264 g/mol. The van der Waals surface area contributed by atoms with Gasteiger partial charge >= 0.3 is 0 Å². The summed E-state index contributed by atoms with van der Waals surface area (Å²) < 4.78 is 5.77. The Balaban J connectivity index is 2.24. The van der Waals surface area contributed by atoms with Crippen LogP contribution in [0.15, 0.2) is 6.07 Å². The highest BCUT2D eigenvalue weighted by atomic mass is 16.5. The van der Waals surface area contributed by atoms with Crippen molar-refractivity contribution in [3.05, 3.63) is 11.9 Å². The minimum atomic E-state index is 0.242. The summed E-state index contributed by atoms with van der Waals surface area (Å²) in [6.45, 7) is 11.0. The molecule has 2 atom stereocenters. The second-order valence-electron chi connectivity index (χ2n) is 5.07. The second-order valence-corrected chi connectivity index (χ2v) is 5.07. The van der Waals surface area contributed by atoms with E-state index in [2.05, 4.69) is 47.9 Å². The zero-order chi connectivity index (χ0) is 13.8. The Kier molecular flexibility index (Phi) is 4.58. The summed E-state index contributed by atoms with van der Waals surface area (Å²) in [5, 5.41) is 3.28. The Morgan fingerprint density at radius 3 is 2.53 bits per heavy atom. The van der Waals surface area contributed by atoms with Gasteiger partial charge in [-0.3, -0.25) is 0 Å². The third kappa shape index (κ3) is 3.56. The first kappa shape index (κ1) is 14.1. The van der Waals surface area contributed by atoms with Crippen LogP contribution >= 0.6 is 0 Å². The summed E-state index contributed by atoms with van der Waals surface area (Å²) in [5.74, 6) is 2.81. The molecule has 0 aromatic carbocycles. The van der Waals surface area contributed by atoms with Crippen molar-refractivity contribution < 1.29 is 4.74 Å². The maximum absolute atomic E-state index is 5.77. The van der Waals surface area contributed by atoms with Gasteiger partial charge in [-0.25, -0.2) is 9.97 Å². The number of aryl methyl sites for hydroxylation is 1. The fourth-order valence-corrected chi connectivity index (χ4v) is 2.44. The first-order valence-corrected chi connectivity index (χ1v) is 7.14. The molecule has 0 radical (unpaired) electrons. The van der Waals surface area contributed by atoms with Crippen LogP contribution in [0, 0.1) is 0 Å². The molecule has 1 aromatic rings. The zero-order valence-corrected chi connectivity index (χ0v) is 12.3. The minimum absolute atomic E-state index is 0.242. The van der Waals surface area contributed by atoms with Crippen molar-refractivity contribution in [2.24, 2.45) is 0 Å². The minimum Gasteiger partial charge on any atom is -0.372 e. The van der Waals surface area contributed by atoms with Crippen molar-refractivity contribution >= 4 is 11.6 Å². The fourth-order valence-electron chi connectivity index (χ4n) is 2.44. The summed E-state index contributed by atoms with van der Waals surface area (Å²) in [6, 6.07) is 2.04. The number of nitrogens with zero attached hydrogens (tertiary/aromatic N) is 3. The smallest absolute Gasteiger partial charge is 0.134 e. The first-order valence-electron chi connectivity index (χ1n) is 7.14. The molecule has 0 aliphatic carbocycles. The maximum atomic E-state index is 5.77. The average Bonchev–Trinajstić information content (AvgIpc) is 2.37. The van der Waals surface area contributed by atoms with Gasteiger partial charge < -0.3 is 15.0 Å². The number of aromatic nitrogens is 2. The van der Waals surface area contributed by atoms with Crippen LogP contribution in [0.2, 0.25) is 0 Å². The van der Waals surface area contributed by atoms with Gasteiger partial charge in [-0.2, -0.15) is 0 Å². The second kappa shape index (κ2) is 6.19. The largest absolute Gasteiger partial charge is 0.372 e. The molecule has 2 heterocycles. The molecular weight excluding hydrogens is 240 g/mol. The molecule has 2 rings (SSSR count). The maximum Gasteiger partial charge on any atom is 0.134 e. The lowest BCUT2D eigenvalue weighted by Gasteiger charge is -2.36. The van der Waals surface area contributed by atoms with Crippen LogP contribution < -0.4 is 10.2 Å². The Morgan fingerprint density at radius 1 is 1.26 bits per heavy atom. The molecule has 0 amide bonds. The van der Waals surface area contributed by atoms with Crippen LogP contribution in [0.4, 0.5) is 11.6 Å². The molecule has 0 spiro atoms. The quantitative estimate of drug-likeness (QED) is 0.902. The number of rotatable bonds is 4. The van der Waals surface area contributed by atoms with E-state index in [1.165, 1.54) is 0 Å². The van der Waals surface area contributed by atoms with Gasteiger partial charge in [0, 0.05) is 32.1 Å². The molecule has 19 heavy (non-hydrogen) atoms. The van der Waals surface area contributed by atoms with E-state index in [9.17, 15) is 0 Å². The number of morpholine rings is 1. The van der Waals surface area contributed by atoms with Gasteiger partial charge in [-0.1, -0.05) is 6.92 Å². The molecular formula is C14H24N4O. The molecule has 1 aromatic heterocycles. The summed E-state index contributed by atoms with van der Waals surface area (Å²) in [7, 11) is 0. The van der Waals surface area contributed by atoms with Gasteiger partial charge in [0.2, 0.25) is 0 Å². The van der Waals surface area contributed by atoms with Gasteiger partial charge in [0.25, 0.3) is 0 Å². The van der Waals surface area contributed by atoms with Crippen LogP contribution in [0.3, 0.4) is 0 Å². The predicted octanol–water partition coefficient (Wildman–Crippen LogP) is 2.08. The van der Waals surface area contributed by atoms with E-state index >= 15 is 0 Å². The molecule has 1 fully saturated rings. The van der Waals surface area contributed by atoms with Crippen molar-refractivity contribution in [2.45, 2.75) is 46.3 Å². The van der Waals surface area contributed by atoms with Crippen LogP contribution in [0.5, 0.6) is 0 Å². The Labute approximate surface area is 115 Å². The molecule has 0 unspecified atom stereocenters. The standard InChI is InChI=1S/C14H24N4O/c1-5-12-16-13(15-6-2)7-14(17-12)18-8-10(3)19-11(4)9-18/h7,10-11H,5-6,8-9H2,1-4H3,(H,15,16,17)/t10-,11+. The van der Waals surface area contributed by atoms with Crippen molar-refractivity contribution in [3.63, 3.8) is 0 Å². The molecule has 1 aliphatic heterocycles. The highest BCUT2D eigenvalue weighted by molar-refractivity contribution is 5.50. The summed E-state index contributed by atoms with van der Waals surface area (Å²) in [6.07, 6.45) is 1.33. The lowest BCUT2D eigenvalue weighted by Crippen LogP contribution is -2.46. The molecule has 0 saturated carbocycles. The topological polar surface area (TPSA) is 50.3 Å². The SMILES string of the molecule is CCNc1cc(N2C[C@@H](C)O[C@@H](C)C2)nc(CC)n1. The molecule has 5 heteroatoms. The lowest BCUT2D eigenvalue weighted by atomic mass is 10.2. The number of nitrogens with one attached hydrogen (secondary N) is 1. The fraction of sp³-hybridized carbons (Fsp3) is 0.714. The van der Waals surface area contributed by atoms with E-state index in [0.717, 1.165) is 43.5 Å². The van der Waals surface area contributed by atoms with Crippen molar-refractivity contribution in [2.75, 3.05) is 29.9 Å². The van der Waals surface area contributed by atoms with E-state index in [0.29, 0.717) is 0 Å². The molecule has 106 valence electrons. The van der Waals surface area contributed by atoms with E-state index in [-0.39, 0.29) is 12.2 Å². The summed E-state index contributed by atoms with van der Waals surface area (Å²) >= 11 is 0. The normalized spacial score (nSPS) is 23.5.